The van der Waals surface area contributed by atoms with Gasteiger partial charge in [-0.15, -0.1) is 0 Å². The SMILES string of the molecule is O=C(C[C@@H](CCCc1ccncc1)C(=O)N[C@H]1Cc2cn(c3ccccc23)CCCCCNC1=O)NO. The second-order valence-electron chi connectivity index (χ2n) is 9.67. The minimum Gasteiger partial charge on any atom is -0.354 e. The molecule has 4 N–H and O–H groups in total. The highest BCUT2D eigenvalue weighted by molar-refractivity contribution is 5.91. The standard InChI is InChI=1S/C28H35N5O4/c34-26(32-37)18-21(8-6-7-20-11-14-29-15-12-20)27(35)31-24-17-22-19-33(25-10-3-2-9-23(22)25)16-5-1-4-13-30-28(24)36/h2-3,9-12,14-15,19,21,24,37H,1,4-8,13,16-18H2,(H,30,36)(H,31,35)(H,32,34)/t21-,24+/m1/s1. The summed E-state index contributed by atoms with van der Waals surface area (Å²) < 4.78 is 2.23. The van der Waals surface area contributed by atoms with Crippen molar-refractivity contribution in [1.29, 1.82) is 0 Å². The lowest BCUT2D eigenvalue weighted by atomic mass is 9.94. The van der Waals surface area contributed by atoms with Gasteiger partial charge in [0.05, 0.1) is 0 Å². The number of amides is 3. The molecule has 1 aliphatic heterocycles. The van der Waals surface area contributed by atoms with Crippen molar-refractivity contribution in [3.63, 3.8) is 0 Å². The van der Waals surface area contributed by atoms with E-state index in [2.05, 4.69) is 32.4 Å². The molecular formula is C28H35N5O4. The maximum Gasteiger partial charge on any atom is 0.244 e. The lowest BCUT2D eigenvalue weighted by Gasteiger charge is -2.22. The van der Waals surface area contributed by atoms with Gasteiger partial charge in [-0.25, -0.2) is 5.48 Å². The Labute approximate surface area is 216 Å². The normalized spacial score (nSPS) is 17.2. The van der Waals surface area contributed by atoms with Gasteiger partial charge in [0.1, 0.15) is 6.04 Å². The monoisotopic (exact) mass is 505 g/mol. The smallest absolute Gasteiger partial charge is 0.244 e. The van der Waals surface area contributed by atoms with Gasteiger partial charge in [-0.2, -0.15) is 0 Å². The number of carbonyl (C=O) groups excluding carboxylic acids is 3. The third kappa shape index (κ3) is 7.16. The van der Waals surface area contributed by atoms with Crippen LogP contribution in [-0.4, -0.2) is 45.1 Å². The van der Waals surface area contributed by atoms with Crippen LogP contribution in [0.25, 0.3) is 10.9 Å². The van der Waals surface area contributed by atoms with E-state index in [0.29, 0.717) is 25.8 Å². The Morgan fingerprint density at radius 3 is 2.76 bits per heavy atom. The third-order valence-electron chi connectivity index (χ3n) is 7.00. The zero-order valence-corrected chi connectivity index (χ0v) is 21.0. The molecule has 3 heterocycles. The Kier molecular flexibility index (Phi) is 9.26. The zero-order chi connectivity index (χ0) is 26.0. The molecule has 3 aromatic rings. The van der Waals surface area contributed by atoms with E-state index in [9.17, 15) is 14.4 Å². The molecule has 37 heavy (non-hydrogen) atoms. The van der Waals surface area contributed by atoms with Gasteiger partial charge in [0.15, 0.2) is 0 Å². The Hall–Kier alpha value is -3.72. The largest absolute Gasteiger partial charge is 0.354 e. The molecule has 9 nitrogen and oxygen atoms in total. The Bertz CT molecular complexity index is 1210. The number of rotatable bonds is 8. The van der Waals surface area contributed by atoms with Crippen molar-refractivity contribution in [1.82, 2.24) is 25.7 Å². The van der Waals surface area contributed by atoms with Gasteiger partial charge >= 0.3 is 0 Å². The van der Waals surface area contributed by atoms with Crippen LogP contribution >= 0.6 is 0 Å². The summed E-state index contributed by atoms with van der Waals surface area (Å²) in [5.41, 5.74) is 4.84. The molecule has 196 valence electrons. The molecule has 2 bridgehead atoms. The number of hydrogen-bond acceptors (Lipinski definition) is 5. The number of nitrogens with one attached hydrogen (secondary N) is 3. The van der Waals surface area contributed by atoms with Crippen LogP contribution in [0.5, 0.6) is 0 Å². The van der Waals surface area contributed by atoms with E-state index in [1.807, 2.05) is 30.3 Å². The molecular weight excluding hydrogens is 470 g/mol. The molecule has 0 saturated carbocycles. The Balaban J connectivity index is 1.51. The number of pyridine rings is 1. The molecule has 0 unspecified atom stereocenters. The van der Waals surface area contributed by atoms with E-state index >= 15 is 0 Å². The molecule has 3 amide bonds. The van der Waals surface area contributed by atoms with Crippen LogP contribution in [0.1, 0.15) is 49.7 Å². The minimum absolute atomic E-state index is 0.160. The van der Waals surface area contributed by atoms with E-state index in [-0.39, 0.29) is 18.2 Å². The molecule has 2 aromatic heterocycles. The summed E-state index contributed by atoms with van der Waals surface area (Å²) in [7, 11) is 0. The number of para-hydroxylation sites is 1. The molecule has 0 aliphatic carbocycles. The second kappa shape index (κ2) is 13.0. The molecule has 1 aliphatic rings. The maximum absolute atomic E-state index is 13.4. The molecule has 0 radical (unpaired) electrons. The predicted molar refractivity (Wildman–Crippen MR) is 140 cm³/mol. The molecule has 0 spiro atoms. The highest BCUT2D eigenvalue weighted by Gasteiger charge is 2.28. The molecule has 9 heteroatoms. The highest BCUT2D eigenvalue weighted by atomic mass is 16.5. The van der Waals surface area contributed by atoms with Gasteiger partial charge in [0.25, 0.3) is 0 Å². The summed E-state index contributed by atoms with van der Waals surface area (Å²) in [6.07, 6.45) is 10.5. The lowest BCUT2D eigenvalue weighted by molar-refractivity contribution is -0.136. The summed E-state index contributed by atoms with van der Waals surface area (Å²) in [4.78, 5) is 42.5. The average molecular weight is 506 g/mol. The minimum atomic E-state index is -0.772. The van der Waals surface area contributed by atoms with E-state index in [0.717, 1.165) is 54.3 Å². The topological polar surface area (TPSA) is 125 Å². The van der Waals surface area contributed by atoms with Crippen LogP contribution in [0.4, 0.5) is 0 Å². The van der Waals surface area contributed by atoms with Crippen LogP contribution < -0.4 is 16.1 Å². The van der Waals surface area contributed by atoms with Gasteiger partial charge < -0.3 is 15.2 Å². The van der Waals surface area contributed by atoms with Crippen molar-refractivity contribution in [3.8, 4) is 0 Å². The fourth-order valence-electron chi connectivity index (χ4n) is 5.01. The molecule has 1 aromatic carbocycles. The van der Waals surface area contributed by atoms with Gasteiger partial charge in [-0.05, 0) is 67.9 Å². The van der Waals surface area contributed by atoms with Gasteiger partial charge in [-0.1, -0.05) is 18.2 Å². The molecule has 0 saturated heterocycles. The van der Waals surface area contributed by atoms with E-state index < -0.39 is 17.9 Å². The number of aromatic nitrogens is 2. The van der Waals surface area contributed by atoms with Crippen molar-refractivity contribution in [2.24, 2.45) is 5.92 Å². The Morgan fingerprint density at radius 1 is 1.14 bits per heavy atom. The highest BCUT2D eigenvalue weighted by Crippen LogP contribution is 2.24. The first-order chi connectivity index (χ1) is 18.0. The zero-order valence-electron chi connectivity index (χ0n) is 21.0. The van der Waals surface area contributed by atoms with Crippen LogP contribution in [-0.2, 0) is 33.8 Å². The average Bonchev–Trinajstić information content (AvgIpc) is 3.26. The third-order valence-corrected chi connectivity index (χ3v) is 7.00. The predicted octanol–water partition coefficient (Wildman–Crippen LogP) is 2.90. The first-order valence-corrected chi connectivity index (χ1v) is 13.0. The maximum atomic E-state index is 13.4. The van der Waals surface area contributed by atoms with Crippen LogP contribution in [0.15, 0.2) is 55.0 Å². The number of hydrogen-bond donors (Lipinski definition) is 4. The quantitative estimate of drug-likeness (QED) is 0.277. The Morgan fingerprint density at radius 2 is 1.95 bits per heavy atom. The number of fused-ring (bicyclic) bond motifs is 5. The number of nitrogens with zero attached hydrogens (tertiary/aromatic N) is 2. The summed E-state index contributed by atoms with van der Waals surface area (Å²) in [6, 6.07) is 11.2. The van der Waals surface area contributed by atoms with Gasteiger partial charge in [0, 0.05) is 61.3 Å². The van der Waals surface area contributed by atoms with Crippen molar-refractivity contribution >= 4 is 28.6 Å². The van der Waals surface area contributed by atoms with Crippen molar-refractivity contribution in [2.75, 3.05) is 6.54 Å². The number of hydroxylamine groups is 1. The molecule has 0 fully saturated rings. The van der Waals surface area contributed by atoms with Crippen LogP contribution in [0, 0.1) is 5.92 Å². The van der Waals surface area contributed by atoms with Crippen LogP contribution in [0.3, 0.4) is 0 Å². The second-order valence-corrected chi connectivity index (χ2v) is 9.67. The van der Waals surface area contributed by atoms with E-state index in [1.165, 1.54) is 0 Å². The lowest BCUT2D eigenvalue weighted by Crippen LogP contribution is -2.50. The molecule has 2 atom stereocenters. The number of benzene rings is 1. The van der Waals surface area contributed by atoms with Gasteiger partial charge in [0.2, 0.25) is 17.7 Å². The summed E-state index contributed by atoms with van der Waals surface area (Å²) >= 11 is 0. The van der Waals surface area contributed by atoms with E-state index in [4.69, 9.17) is 5.21 Å². The van der Waals surface area contributed by atoms with Crippen molar-refractivity contribution < 1.29 is 19.6 Å². The van der Waals surface area contributed by atoms with Gasteiger partial charge in [-0.3, -0.25) is 24.6 Å². The fourth-order valence-corrected chi connectivity index (χ4v) is 5.01. The fraction of sp³-hybridized carbons (Fsp3) is 0.429. The van der Waals surface area contributed by atoms with Crippen molar-refractivity contribution in [2.45, 2.75) is 64.0 Å². The first-order valence-electron chi connectivity index (χ1n) is 13.0. The first kappa shape index (κ1) is 26.3. The summed E-state index contributed by atoms with van der Waals surface area (Å²) in [5, 5.41) is 16.0. The summed E-state index contributed by atoms with van der Waals surface area (Å²) in [5.74, 6) is -1.90. The number of carbonyl (C=O) groups is 3. The van der Waals surface area contributed by atoms with Crippen molar-refractivity contribution in [3.05, 3.63) is 66.1 Å². The van der Waals surface area contributed by atoms with Crippen LogP contribution in [0.2, 0.25) is 0 Å². The van der Waals surface area contributed by atoms with E-state index in [1.54, 1.807) is 17.9 Å². The molecule has 4 rings (SSSR count). The number of aryl methyl sites for hydroxylation is 2. The summed E-state index contributed by atoms with van der Waals surface area (Å²) in [6.45, 7) is 1.46.